The lowest BCUT2D eigenvalue weighted by Crippen LogP contribution is -1.95. The highest BCUT2D eigenvalue weighted by atomic mass is 16.4. The molecule has 10 heavy (non-hydrogen) atoms. The molecule has 3 nitrogen and oxygen atoms in total. The minimum atomic E-state index is 0.443. The van der Waals surface area contributed by atoms with Gasteiger partial charge in [-0.2, -0.15) is 0 Å². The van der Waals surface area contributed by atoms with Crippen molar-refractivity contribution in [2.45, 2.75) is 26.8 Å². The summed E-state index contributed by atoms with van der Waals surface area (Å²) in [5.41, 5.74) is 6.30. The second kappa shape index (κ2) is 2.84. The van der Waals surface area contributed by atoms with Crippen molar-refractivity contribution in [2.24, 2.45) is 5.73 Å². The second-order valence-corrected chi connectivity index (χ2v) is 2.17. The van der Waals surface area contributed by atoms with Crippen molar-refractivity contribution in [3.05, 3.63) is 17.3 Å². The minimum Gasteiger partial charge on any atom is -0.444 e. The van der Waals surface area contributed by atoms with E-state index >= 15 is 0 Å². The predicted molar refractivity (Wildman–Crippen MR) is 38.5 cm³/mol. The van der Waals surface area contributed by atoms with Gasteiger partial charge in [0.05, 0.1) is 12.2 Å². The molecule has 0 unspecified atom stereocenters. The highest BCUT2D eigenvalue weighted by Gasteiger charge is 2.04. The molecule has 1 heterocycles. The van der Waals surface area contributed by atoms with E-state index in [1.165, 1.54) is 0 Å². The lowest BCUT2D eigenvalue weighted by molar-refractivity contribution is 0.460. The molecular formula is C7H12N2O. The third-order valence-corrected chi connectivity index (χ3v) is 1.42. The molecule has 1 aromatic heterocycles. The number of rotatable bonds is 2. The molecule has 0 aliphatic heterocycles. The molecule has 2 N–H and O–H groups in total. The molecule has 0 aliphatic carbocycles. The van der Waals surface area contributed by atoms with Crippen molar-refractivity contribution in [3.8, 4) is 0 Å². The summed E-state index contributed by atoms with van der Waals surface area (Å²) in [6.45, 7) is 4.36. The van der Waals surface area contributed by atoms with Crippen LogP contribution in [0.4, 0.5) is 0 Å². The summed E-state index contributed by atoms with van der Waals surface area (Å²) in [5.74, 6) is 1.58. The van der Waals surface area contributed by atoms with Crippen LogP contribution >= 0.6 is 0 Å². The SMILES string of the molecule is CCc1nc(C)c(CN)o1. The van der Waals surface area contributed by atoms with Gasteiger partial charge in [-0.05, 0) is 6.92 Å². The Balaban J connectivity index is 2.92. The van der Waals surface area contributed by atoms with Crippen LogP contribution in [0.3, 0.4) is 0 Å². The highest BCUT2D eigenvalue weighted by molar-refractivity contribution is 5.06. The van der Waals surface area contributed by atoms with E-state index in [4.69, 9.17) is 10.2 Å². The van der Waals surface area contributed by atoms with Gasteiger partial charge in [-0.25, -0.2) is 4.98 Å². The maximum Gasteiger partial charge on any atom is 0.194 e. The summed E-state index contributed by atoms with van der Waals surface area (Å²) < 4.78 is 5.28. The Hall–Kier alpha value is -0.830. The molecule has 0 saturated heterocycles. The van der Waals surface area contributed by atoms with Gasteiger partial charge in [-0.1, -0.05) is 6.92 Å². The van der Waals surface area contributed by atoms with E-state index in [1.54, 1.807) is 0 Å². The zero-order chi connectivity index (χ0) is 7.56. The zero-order valence-electron chi connectivity index (χ0n) is 6.35. The maximum atomic E-state index is 5.38. The largest absolute Gasteiger partial charge is 0.444 e. The Morgan fingerprint density at radius 2 is 2.30 bits per heavy atom. The van der Waals surface area contributed by atoms with Gasteiger partial charge in [0.25, 0.3) is 0 Å². The van der Waals surface area contributed by atoms with Gasteiger partial charge in [0.2, 0.25) is 0 Å². The van der Waals surface area contributed by atoms with Crippen LogP contribution in [0.2, 0.25) is 0 Å². The average molecular weight is 140 g/mol. The van der Waals surface area contributed by atoms with Crippen molar-refractivity contribution < 1.29 is 4.42 Å². The van der Waals surface area contributed by atoms with Crippen LogP contribution in [-0.4, -0.2) is 4.98 Å². The first kappa shape index (κ1) is 7.28. The number of oxazole rings is 1. The molecule has 0 bridgehead atoms. The Labute approximate surface area is 60.2 Å². The summed E-state index contributed by atoms with van der Waals surface area (Å²) in [7, 11) is 0. The van der Waals surface area contributed by atoms with Gasteiger partial charge in [-0.3, -0.25) is 0 Å². The predicted octanol–water partition coefficient (Wildman–Crippen LogP) is 1.00. The fraction of sp³-hybridized carbons (Fsp3) is 0.571. The van der Waals surface area contributed by atoms with Crippen LogP contribution < -0.4 is 5.73 Å². The number of nitrogens with two attached hydrogens (primary N) is 1. The fourth-order valence-corrected chi connectivity index (χ4v) is 0.829. The van der Waals surface area contributed by atoms with Crippen molar-refractivity contribution in [3.63, 3.8) is 0 Å². The maximum absolute atomic E-state index is 5.38. The van der Waals surface area contributed by atoms with Crippen molar-refractivity contribution >= 4 is 0 Å². The van der Waals surface area contributed by atoms with Crippen LogP contribution in [0.5, 0.6) is 0 Å². The van der Waals surface area contributed by atoms with E-state index in [2.05, 4.69) is 4.98 Å². The number of hydrogen-bond donors (Lipinski definition) is 1. The summed E-state index contributed by atoms with van der Waals surface area (Å²) in [4.78, 5) is 4.15. The van der Waals surface area contributed by atoms with Gasteiger partial charge in [0.1, 0.15) is 5.76 Å². The highest BCUT2D eigenvalue weighted by Crippen LogP contribution is 2.08. The number of hydrogen-bond acceptors (Lipinski definition) is 3. The molecule has 0 fully saturated rings. The Bertz CT molecular complexity index is 217. The molecule has 3 heteroatoms. The third kappa shape index (κ3) is 1.19. The molecule has 0 radical (unpaired) electrons. The van der Waals surface area contributed by atoms with E-state index in [0.717, 1.165) is 23.8 Å². The lowest BCUT2D eigenvalue weighted by Gasteiger charge is -1.86. The molecule has 1 aromatic rings. The average Bonchev–Trinajstić information content (AvgIpc) is 2.30. The summed E-state index contributed by atoms with van der Waals surface area (Å²) in [5, 5.41) is 0. The smallest absolute Gasteiger partial charge is 0.194 e. The third-order valence-electron chi connectivity index (χ3n) is 1.42. The van der Waals surface area contributed by atoms with Gasteiger partial charge in [0.15, 0.2) is 5.89 Å². The van der Waals surface area contributed by atoms with Crippen LogP contribution in [0.25, 0.3) is 0 Å². The van der Waals surface area contributed by atoms with Crippen LogP contribution in [0.1, 0.15) is 24.3 Å². The number of nitrogens with zero attached hydrogens (tertiary/aromatic N) is 1. The molecule has 0 aliphatic rings. The molecule has 0 atom stereocenters. The molecule has 0 aromatic carbocycles. The van der Waals surface area contributed by atoms with Crippen LogP contribution in [0.15, 0.2) is 4.42 Å². The molecule has 56 valence electrons. The van der Waals surface area contributed by atoms with Crippen molar-refractivity contribution in [2.75, 3.05) is 0 Å². The summed E-state index contributed by atoms with van der Waals surface area (Å²) in [6, 6.07) is 0. The molecule has 1 rings (SSSR count). The first-order valence-electron chi connectivity index (χ1n) is 3.43. The van der Waals surface area contributed by atoms with Crippen LogP contribution in [-0.2, 0) is 13.0 Å². The molecule has 0 saturated carbocycles. The van der Waals surface area contributed by atoms with Crippen LogP contribution in [0, 0.1) is 6.92 Å². The van der Waals surface area contributed by atoms with Crippen molar-refractivity contribution in [1.29, 1.82) is 0 Å². The Morgan fingerprint density at radius 3 is 2.60 bits per heavy atom. The number of aromatic nitrogens is 1. The van der Waals surface area contributed by atoms with E-state index in [1.807, 2.05) is 13.8 Å². The molecule has 0 amide bonds. The Morgan fingerprint density at radius 1 is 1.60 bits per heavy atom. The van der Waals surface area contributed by atoms with E-state index in [9.17, 15) is 0 Å². The molecule has 0 spiro atoms. The Kier molecular flexibility index (Phi) is 2.06. The standard InChI is InChI=1S/C7H12N2O/c1-3-7-9-5(2)6(4-8)10-7/h3-4,8H2,1-2H3. The fourth-order valence-electron chi connectivity index (χ4n) is 0.829. The summed E-state index contributed by atoms with van der Waals surface area (Å²) in [6.07, 6.45) is 0.834. The minimum absolute atomic E-state index is 0.443. The lowest BCUT2D eigenvalue weighted by atomic mass is 10.4. The summed E-state index contributed by atoms with van der Waals surface area (Å²) >= 11 is 0. The first-order valence-corrected chi connectivity index (χ1v) is 3.43. The second-order valence-electron chi connectivity index (χ2n) is 2.17. The van der Waals surface area contributed by atoms with Gasteiger partial charge in [0, 0.05) is 6.42 Å². The molecular weight excluding hydrogens is 128 g/mol. The zero-order valence-corrected chi connectivity index (χ0v) is 6.35. The normalized spacial score (nSPS) is 10.3. The van der Waals surface area contributed by atoms with E-state index < -0.39 is 0 Å². The van der Waals surface area contributed by atoms with Crippen molar-refractivity contribution in [1.82, 2.24) is 4.98 Å². The van der Waals surface area contributed by atoms with Gasteiger partial charge in [-0.15, -0.1) is 0 Å². The monoisotopic (exact) mass is 140 g/mol. The number of aryl methyl sites for hydroxylation is 2. The first-order chi connectivity index (χ1) is 4.77. The van der Waals surface area contributed by atoms with Gasteiger partial charge < -0.3 is 10.2 Å². The quantitative estimate of drug-likeness (QED) is 0.666. The van der Waals surface area contributed by atoms with E-state index in [0.29, 0.717) is 6.54 Å². The van der Waals surface area contributed by atoms with E-state index in [-0.39, 0.29) is 0 Å². The topological polar surface area (TPSA) is 52.0 Å². The van der Waals surface area contributed by atoms with Gasteiger partial charge >= 0.3 is 0 Å².